The number of hydrogen-bond acceptors (Lipinski definition) is 2. The molecule has 0 aliphatic heterocycles. The van der Waals surface area contributed by atoms with Crippen molar-refractivity contribution in [1.82, 2.24) is 0 Å². The molecule has 0 aliphatic carbocycles. The summed E-state index contributed by atoms with van der Waals surface area (Å²) in [6.07, 6.45) is 1.000. The largest absolute Gasteiger partial charge is 0.389 e. The molecule has 52 valence electrons. The van der Waals surface area contributed by atoms with Gasteiger partial charge in [0.15, 0.2) is 5.78 Å². The molecule has 0 aromatic rings. The summed E-state index contributed by atoms with van der Waals surface area (Å²) in [5.74, 6) is -0.0625. The van der Waals surface area contributed by atoms with Crippen molar-refractivity contribution in [3.05, 3.63) is 11.6 Å². The molecule has 0 aromatic carbocycles. The fourth-order valence-corrected chi connectivity index (χ4v) is 0.739. The van der Waals surface area contributed by atoms with Gasteiger partial charge in [0, 0.05) is 5.57 Å². The lowest BCUT2D eigenvalue weighted by atomic mass is 10.1. The Labute approximate surface area is 55.2 Å². The van der Waals surface area contributed by atoms with Gasteiger partial charge in [-0.15, -0.1) is 0 Å². The third kappa shape index (κ3) is 2.42. The second-order valence-corrected chi connectivity index (χ2v) is 1.98. The van der Waals surface area contributed by atoms with Crippen molar-refractivity contribution >= 4 is 5.78 Å². The molecule has 0 unspecified atom stereocenters. The zero-order valence-corrected chi connectivity index (χ0v) is 6.01. The number of allylic oxidation sites excluding steroid dienone is 1. The molecule has 0 aromatic heterocycles. The minimum Gasteiger partial charge on any atom is -0.389 e. The SMILES string of the molecule is C/C=C(/C(C)=O)[C@@H](C)O. The minimum atomic E-state index is -0.632. The Hall–Kier alpha value is -0.630. The predicted octanol–water partition coefficient (Wildman–Crippen LogP) is 0.903. The van der Waals surface area contributed by atoms with E-state index in [9.17, 15) is 4.79 Å². The maximum Gasteiger partial charge on any atom is 0.158 e. The molecule has 9 heavy (non-hydrogen) atoms. The second-order valence-electron chi connectivity index (χ2n) is 1.98. The lowest BCUT2D eigenvalue weighted by Gasteiger charge is -2.03. The van der Waals surface area contributed by atoms with Crippen LogP contribution in [0.1, 0.15) is 20.8 Å². The van der Waals surface area contributed by atoms with Crippen molar-refractivity contribution in [1.29, 1.82) is 0 Å². The molecular weight excluding hydrogens is 116 g/mol. The van der Waals surface area contributed by atoms with Crippen LogP contribution in [0.15, 0.2) is 11.6 Å². The van der Waals surface area contributed by atoms with Crippen LogP contribution in [0.3, 0.4) is 0 Å². The van der Waals surface area contributed by atoms with Gasteiger partial charge in [0.05, 0.1) is 6.10 Å². The van der Waals surface area contributed by atoms with E-state index in [1.165, 1.54) is 6.92 Å². The lowest BCUT2D eigenvalue weighted by Crippen LogP contribution is -2.11. The van der Waals surface area contributed by atoms with Gasteiger partial charge < -0.3 is 5.11 Å². The maximum absolute atomic E-state index is 10.6. The maximum atomic E-state index is 10.6. The summed E-state index contributed by atoms with van der Waals surface area (Å²) < 4.78 is 0. The Morgan fingerprint density at radius 2 is 2.11 bits per heavy atom. The first-order valence-electron chi connectivity index (χ1n) is 2.94. The summed E-state index contributed by atoms with van der Waals surface area (Å²) in [6.45, 7) is 4.77. The van der Waals surface area contributed by atoms with E-state index in [1.54, 1.807) is 19.9 Å². The summed E-state index contributed by atoms with van der Waals surface area (Å²) in [7, 11) is 0. The Bertz CT molecular complexity index is 134. The monoisotopic (exact) mass is 128 g/mol. The molecule has 0 aliphatic rings. The van der Waals surface area contributed by atoms with Crippen molar-refractivity contribution < 1.29 is 9.90 Å². The number of rotatable bonds is 2. The minimum absolute atomic E-state index is 0.0625. The zero-order chi connectivity index (χ0) is 7.44. The second kappa shape index (κ2) is 3.41. The quantitative estimate of drug-likeness (QED) is 0.561. The average molecular weight is 128 g/mol. The van der Waals surface area contributed by atoms with Crippen LogP contribution in [-0.2, 0) is 4.79 Å². The standard InChI is InChI=1S/C7H12O2/c1-4-7(5(2)8)6(3)9/h4-5,8H,1-3H3/b7-4+/t5-/m1/s1. The third-order valence-corrected chi connectivity index (χ3v) is 1.17. The Morgan fingerprint density at radius 3 is 2.11 bits per heavy atom. The van der Waals surface area contributed by atoms with Gasteiger partial charge >= 0.3 is 0 Å². The first-order chi connectivity index (χ1) is 4.09. The fraction of sp³-hybridized carbons (Fsp3) is 0.571. The van der Waals surface area contributed by atoms with Gasteiger partial charge in [-0.25, -0.2) is 0 Å². The normalized spacial score (nSPS) is 15.3. The molecule has 2 nitrogen and oxygen atoms in total. The van der Waals surface area contributed by atoms with Crippen molar-refractivity contribution in [3.63, 3.8) is 0 Å². The van der Waals surface area contributed by atoms with Crippen molar-refractivity contribution in [3.8, 4) is 0 Å². The molecule has 1 atom stereocenters. The summed E-state index contributed by atoms with van der Waals surface area (Å²) >= 11 is 0. The van der Waals surface area contributed by atoms with Gasteiger partial charge in [-0.1, -0.05) is 6.08 Å². The van der Waals surface area contributed by atoms with Crippen LogP contribution in [0.25, 0.3) is 0 Å². The molecule has 0 amide bonds. The van der Waals surface area contributed by atoms with Crippen LogP contribution in [0.4, 0.5) is 0 Å². The molecule has 0 spiro atoms. The molecule has 0 saturated carbocycles. The number of aliphatic hydroxyl groups is 1. The highest BCUT2D eigenvalue weighted by atomic mass is 16.3. The first kappa shape index (κ1) is 8.37. The summed E-state index contributed by atoms with van der Waals surface area (Å²) in [4.78, 5) is 10.6. The van der Waals surface area contributed by atoms with Gasteiger partial charge in [0.2, 0.25) is 0 Å². The molecule has 0 saturated heterocycles. The molecule has 2 heteroatoms. The number of aliphatic hydroxyl groups excluding tert-OH is 1. The Morgan fingerprint density at radius 1 is 1.67 bits per heavy atom. The highest BCUT2D eigenvalue weighted by Crippen LogP contribution is 2.01. The molecule has 0 rings (SSSR count). The molecular formula is C7H12O2. The highest BCUT2D eigenvalue weighted by molar-refractivity contribution is 5.93. The van der Waals surface area contributed by atoms with E-state index in [-0.39, 0.29) is 5.78 Å². The van der Waals surface area contributed by atoms with E-state index >= 15 is 0 Å². The van der Waals surface area contributed by atoms with Crippen LogP contribution in [0.2, 0.25) is 0 Å². The van der Waals surface area contributed by atoms with Crippen LogP contribution in [-0.4, -0.2) is 17.0 Å². The van der Waals surface area contributed by atoms with E-state index in [0.717, 1.165) is 0 Å². The predicted molar refractivity (Wildman–Crippen MR) is 36.1 cm³/mol. The van der Waals surface area contributed by atoms with Crippen molar-refractivity contribution in [2.45, 2.75) is 26.9 Å². The summed E-state index contributed by atoms with van der Waals surface area (Å²) in [6, 6.07) is 0. The van der Waals surface area contributed by atoms with Crippen LogP contribution in [0.5, 0.6) is 0 Å². The van der Waals surface area contributed by atoms with E-state index in [2.05, 4.69) is 0 Å². The van der Waals surface area contributed by atoms with E-state index in [4.69, 9.17) is 5.11 Å². The topological polar surface area (TPSA) is 37.3 Å². The van der Waals surface area contributed by atoms with Crippen molar-refractivity contribution in [2.75, 3.05) is 0 Å². The molecule has 0 heterocycles. The Balaban J connectivity index is 4.19. The highest BCUT2D eigenvalue weighted by Gasteiger charge is 2.06. The van der Waals surface area contributed by atoms with Gasteiger partial charge in [0.1, 0.15) is 0 Å². The summed E-state index contributed by atoms with van der Waals surface area (Å²) in [5, 5.41) is 8.89. The summed E-state index contributed by atoms with van der Waals surface area (Å²) in [5.41, 5.74) is 0.481. The third-order valence-electron chi connectivity index (χ3n) is 1.17. The van der Waals surface area contributed by atoms with Crippen molar-refractivity contribution in [2.24, 2.45) is 0 Å². The number of ketones is 1. The van der Waals surface area contributed by atoms with Crippen LogP contribution in [0, 0.1) is 0 Å². The Kier molecular flexibility index (Phi) is 3.17. The van der Waals surface area contributed by atoms with Crippen LogP contribution >= 0.6 is 0 Å². The number of Topliss-reactive ketones (excluding diaryl/α,β-unsaturated/α-hetero) is 1. The van der Waals surface area contributed by atoms with Gasteiger partial charge in [-0.05, 0) is 20.8 Å². The van der Waals surface area contributed by atoms with Gasteiger partial charge in [-0.2, -0.15) is 0 Å². The zero-order valence-electron chi connectivity index (χ0n) is 6.01. The number of carbonyl (C=O) groups is 1. The van der Waals surface area contributed by atoms with E-state index < -0.39 is 6.10 Å². The number of carbonyl (C=O) groups excluding carboxylic acids is 1. The van der Waals surface area contributed by atoms with Crippen LogP contribution < -0.4 is 0 Å². The number of hydrogen-bond donors (Lipinski definition) is 1. The molecule has 1 N–H and O–H groups in total. The van der Waals surface area contributed by atoms with Gasteiger partial charge in [0.25, 0.3) is 0 Å². The lowest BCUT2D eigenvalue weighted by molar-refractivity contribution is -0.114. The van der Waals surface area contributed by atoms with E-state index in [1.807, 2.05) is 0 Å². The molecule has 0 fully saturated rings. The van der Waals surface area contributed by atoms with Gasteiger partial charge in [-0.3, -0.25) is 4.79 Å². The molecule has 0 radical (unpaired) electrons. The smallest absolute Gasteiger partial charge is 0.158 e. The fourth-order valence-electron chi connectivity index (χ4n) is 0.739. The molecule has 0 bridgehead atoms. The first-order valence-corrected chi connectivity index (χ1v) is 2.94. The van der Waals surface area contributed by atoms with E-state index in [0.29, 0.717) is 5.57 Å². The average Bonchev–Trinajstić information content (AvgIpc) is 1.64.